The van der Waals surface area contributed by atoms with Crippen LogP contribution in [0.15, 0.2) is 16.7 Å². The number of nitrogens with zero attached hydrogens (tertiary/aromatic N) is 1. The largest absolute Gasteiger partial charge is 0.477 e. The van der Waals surface area contributed by atoms with Crippen molar-refractivity contribution in [2.45, 2.75) is 25.8 Å². The zero-order valence-electron chi connectivity index (χ0n) is 8.58. The molecule has 0 spiro atoms. The van der Waals surface area contributed by atoms with E-state index in [9.17, 15) is 0 Å². The van der Waals surface area contributed by atoms with Crippen molar-refractivity contribution in [3.8, 4) is 5.88 Å². The Bertz CT molecular complexity index is 339. The highest BCUT2D eigenvalue weighted by atomic mass is 79.9. The fourth-order valence-corrected chi connectivity index (χ4v) is 1.85. The number of hydrogen-bond donors (Lipinski definition) is 1. The maximum absolute atomic E-state index is 5.62. The highest BCUT2D eigenvalue weighted by Crippen LogP contribution is 2.32. The summed E-state index contributed by atoms with van der Waals surface area (Å²) in [7, 11) is 0. The second-order valence-electron chi connectivity index (χ2n) is 3.90. The van der Waals surface area contributed by atoms with Crippen LogP contribution in [-0.4, -0.2) is 11.6 Å². The maximum Gasteiger partial charge on any atom is 0.217 e. The first kappa shape index (κ1) is 10.9. The van der Waals surface area contributed by atoms with E-state index in [1.54, 1.807) is 6.20 Å². The summed E-state index contributed by atoms with van der Waals surface area (Å²) in [4.78, 5) is 4.22. The maximum atomic E-state index is 5.62. The van der Waals surface area contributed by atoms with Gasteiger partial charge in [0.05, 0.1) is 6.61 Å². The molecule has 1 aliphatic rings. The first-order chi connectivity index (χ1) is 7.29. The van der Waals surface area contributed by atoms with Crippen LogP contribution < -0.4 is 10.5 Å². The molecule has 0 atom stereocenters. The lowest BCUT2D eigenvalue weighted by molar-refractivity contribution is 0.288. The Morgan fingerprint density at radius 2 is 2.33 bits per heavy atom. The van der Waals surface area contributed by atoms with Crippen LogP contribution in [0.4, 0.5) is 0 Å². The molecule has 3 nitrogen and oxygen atoms in total. The van der Waals surface area contributed by atoms with Crippen LogP contribution in [-0.2, 0) is 6.54 Å². The van der Waals surface area contributed by atoms with Crippen molar-refractivity contribution < 1.29 is 4.74 Å². The normalized spacial score (nSPS) is 15.3. The highest BCUT2D eigenvalue weighted by molar-refractivity contribution is 9.10. The Kier molecular flexibility index (Phi) is 3.59. The smallest absolute Gasteiger partial charge is 0.217 e. The van der Waals surface area contributed by atoms with Gasteiger partial charge in [0.15, 0.2) is 0 Å². The molecule has 0 saturated heterocycles. The van der Waals surface area contributed by atoms with Gasteiger partial charge in [-0.2, -0.15) is 0 Å². The lowest BCUT2D eigenvalue weighted by atomic mass is 10.3. The van der Waals surface area contributed by atoms with Gasteiger partial charge in [0.1, 0.15) is 0 Å². The van der Waals surface area contributed by atoms with Gasteiger partial charge in [-0.25, -0.2) is 4.98 Å². The molecule has 82 valence electrons. The van der Waals surface area contributed by atoms with Crippen molar-refractivity contribution in [3.05, 3.63) is 22.3 Å². The predicted molar refractivity (Wildman–Crippen MR) is 62.7 cm³/mol. The highest BCUT2D eigenvalue weighted by Gasteiger charge is 2.20. The lowest BCUT2D eigenvalue weighted by Crippen LogP contribution is -2.06. The Morgan fingerprint density at radius 1 is 1.53 bits per heavy atom. The molecule has 15 heavy (non-hydrogen) atoms. The second kappa shape index (κ2) is 4.94. The fraction of sp³-hybridized carbons (Fsp3) is 0.545. The molecule has 4 heteroatoms. The molecule has 0 bridgehead atoms. The van der Waals surface area contributed by atoms with Gasteiger partial charge in [0.2, 0.25) is 5.88 Å². The molecule has 0 unspecified atom stereocenters. The molecule has 2 rings (SSSR count). The molecule has 1 aromatic heterocycles. The molecule has 1 heterocycles. The minimum Gasteiger partial charge on any atom is -0.477 e. The Hall–Kier alpha value is -0.610. The van der Waals surface area contributed by atoms with Crippen LogP contribution >= 0.6 is 15.9 Å². The first-order valence-corrected chi connectivity index (χ1v) is 6.06. The second-order valence-corrected chi connectivity index (χ2v) is 4.82. The number of halogens is 1. The van der Waals surface area contributed by atoms with E-state index in [1.165, 1.54) is 12.8 Å². The molecule has 0 aliphatic heterocycles. The number of hydrogen-bond acceptors (Lipinski definition) is 3. The lowest BCUT2D eigenvalue weighted by Gasteiger charge is -2.08. The van der Waals surface area contributed by atoms with E-state index in [4.69, 9.17) is 10.5 Å². The zero-order chi connectivity index (χ0) is 10.7. The third kappa shape index (κ3) is 3.18. The SMILES string of the molecule is NCc1cc(Br)cnc1OCCC1CC1. The van der Waals surface area contributed by atoms with Gasteiger partial charge >= 0.3 is 0 Å². The third-order valence-corrected chi connectivity index (χ3v) is 3.01. The summed E-state index contributed by atoms with van der Waals surface area (Å²) in [6, 6.07) is 1.96. The molecular weight excluding hydrogens is 256 g/mol. The van der Waals surface area contributed by atoms with Gasteiger partial charge in [-0.3, -0.25) is 0 Å². The van der Waals surface area contributed by atoms with Crippen molar-refractivity contribution in [2.75, 3.05) is 6.61 Å². The van der Waals surface area contributed by atoms with E-state index in [1.807, 2.05) is 6.07 Å². The quantitative estimate of drug-likeness (QED) is 0.895. The van der Waals surface area contributed by atoms with Gasteiger partial charge in [0, 0.05) is 22.8 Å². The molecular formula is C11H15BrN2O. The van der Waals surface area contributed by atoms with Gasteiger partial charge in [-0.15, -0.1) is 0 Å². The van der Waals surface area contributed by atoms with E-state index >= 15 is 0 Å². The van der Waals surface area contributed by atoms with Gasteiger partial charge in [-0.05, 0) is 34.3 Å². The summed E-state index contributed by atoms with van der Waals surface area (Å²) in [5, 5.41) is 0. The van der Waals surface area contributed by atoms with E-state index in [0.29, 0.717) is 12.4 Å². The van der Waals surface area contributed by atoms with Gasteiger partial charge < -0.3 is 10.5 Å². The number of pyridine rings is 1. The fourth-order valence-electron chi connectivity index (χ4n) is 1.47. The average molecular weight is 271 g/mol. The molecule has 2 N–H and O–H groups in total. The third-order valence-electron chi connectivity index (χ3n) is 2.57. The van der Waals surface area contributed by atoms with Crippen molar-refractivity contribution >= 4 is 15.9 Å². The first-order valence-electron chi connectivity index (χ1n) is 5.27. The Morgan fingerprint density at radius 3 is 3.00 bits per heavy atom. The number of nitrogens with two attached hydrogens (primary N) is 1. The summed E-state index contributed by atoms with van der Waals surface area (Å²) in [6.07, 6.45) is 5.61. The van der Waals surface area contributed by atoms with E-state index in [2.05, 4.69) is 20.9 Å². The van der Waals surface area contributed by atoms with Crippen LogP contribution in [0.25, 0.3) is 0 Å². The van der Waals surface area contributed by atoms with Gasteiger partial charge in [-0.1, -0.05) is 12.8 Å². The van der Waals surface area contributed by atoms with Crippen LogP contribution in [0.1, 0.15) is 24.8 Å². The summed E-state index contributed by atoms with van der Waals surface area (Å²) in [5.74, 6) is 1.57. The zero-order valence-corrected chi connectivity index (χ0v) is 10.2. The molecule has 0 radical (unpaired) electrons. The topological polar surface area (TPSA) is 48.1 Å². The average Bonchev–Trinajstić information content (AvgIpc) is 3.04. The van der Waals surface area contributed by atoms with Crippen LogP contribution in [0, 0.1) is 5.92 Å². The van der Waals surface area contributed by atoms with Crippen molar-refractivity contribution in [3.63, 3.8) is 0 Å². The molecule has 1 fully saturated rings. The van der Waals surface area contributed by atoms with Crippen molar-refractivity contribution in [2.24, 2.45) is 11.7 Å². The molecule has 1 aromatic rings. The summed E-state index contributed by atoms with van der Waals surface area (Å²) < 4.78 is 6.56. The van der Waals surface area contributed by atoms with Crippen LogP contribution in [0.3, 0.4) is 0 Å². The van der Waals surface area contributed by atoms with E-state index < -0.39 is 0 Å². The number of aromatic nitrogens is 1. The molecule has 0 aromatic carbocycles. The van der Waals surface area contributed by atoms with Crippen LogP contribution in [0.2, 0.25) is 0 Å². The van der Waals surface area contributed by atoms with E-state index in [0.717, 1.165) is 29.0 Å². The molecule has 1 aliphatic carbocycles. The number of ether oxygens (including phenoxy) is 1. The summed E-state index contributed by atoms with van der Waals surface area (Å²) in [6.45, 7) is 1.22. The minimum atomic E-state index is 0.463. The monoisotopic (exact) mass is 270 g/mol. The number of rotatable bonds is 5. The van der Waals surface area contributed by atoms with E-state index in [-0.39, 0.29) is 0 Å². The standard InChI is InChI=1S/C11H15BrN2O/c12-10-5-9(6-13)11(14-7-10)15-4-3-8-1-2-8/h5,7-8H,1-4,6,13H2. The van der Waals surface area contributed by atoms with Gasteiger partial charge in [0.25, 0.3) is 0 Å². The van der Waals surface area contributed by atoms with Crippen molar-refractivity contribution in [1.29, 1.82) is 0 Å². The van der Waals surface area contributed by atoms with Crippen LogP contribution in [0.5, 0.6) is 5.88 Å². The Labute approximate surface area is 98.2 Å². The summed E-state index contributed by atoms with van der Waals surface area (Å²) in [5.41, 5.74) is 6.58. The summed E-state index contributed by atoms with van der Waals surface area (Å²) >= 11 is 3.36. The predicted octanol–water partition coefficient (Wildman–Crippen LogP) is 2.48. The minimum absolute atomic E-state index is 0.463. The molecule has 1 saturated carbocycles. The van der Waals surface area contributed by atoms with Crippen molar-refractivity contribution in [1.82, 2.24) is 4.98 Å². The Balaban J connectivity index is 1.92. The molecule has 0 amide bonds.